The van der Waals surface area contributed by atoms with E-state index >= 15 is 0 Å². The number of aliphatic hydroxyl groups excluding tert-OH is 1. The maximum Gasteiger partial charge on any atom is 0.411 e. The average Bonchev–Trinajstić information content (AvgIpc) is 2.96. The van der Waals surface area contributed by atoms with Crippen molar-refractivity contribution in [3.05, 3.63) is 35.9 Å². The summed E-state index contributed by atoms with van der Waals surface area (Å²) in [6.07, 6.45) is -1.24. The first kappa shape index (κ1) is 18.2. The van der Waals surface area contributed by atoms with Crippen LogP contribution in [0.25, 0.3) is 0 Å². The molecule has 6 heteroatoms. The predicted molar refractivity (Wildman–Crippen MR) is 92.0 cm³/mol. The third-order valence-corrected chi connectivity index (χ3v) is 4.44. The van der Waals surface area contributed by atoms with Gasteiger partial charge in [0.05, 0.1) is 18.7 Å². The number of aliphatic hydroxyl groups is 1. The first-order valence-electron chi connectivity index (χ1n) is 8.66. The number of fused-ring (bicyclic) bond motifs is 1. The lowest BCUT2D eigenvalue weighted by molar-refractivity contribution is -0.169. The number of carbonyl (C=O) groups excluding carboxylic acids is 1. The van der Waals surface area contributed by atoms with Gasteiger partial charge in [0, 0.05) is 0 Å². The van der Waals surface area contributed by atoms with Crippen molar-refractivity contribution < 1.29 is 24.1 Å². The lowest BCUT2D eigenvalue weighted by Crippen LogP contribution is -2.47. The van der Waals surface area contributed by atoms with Crippen LogP contribution in [-0.2, 0) is 14.2 Å². The van der Waals surface area contributed by atoms with Crippen LogP contribution in [0.3, 0.4) is 0 Å². The van der Waals surface area contributed by atoms with Gasteiger partial charge in [0.15, 0.2) is 5.79 Å². The smallest absolute Gasteiger partial charge is 0.411 e. The first-order chi connectivity index (χ1) is 11.6. The number of ether oxygens (including phenoxy) is 3. The van der Waals surface area contributed by atoms with Crippen LogP contribution in [0.2, 0.25) is 0 Å². The largest absolute Gasteiger partial charge is 0.444 e. The second-order valence-corrected chi connectivity index (χ2v) is 8.06. The van der Waals surface area contributed by atoms with E-state index in [2.05, 4.69) is 0 Å². The summed E-state index contributed by atoms with van der Waals surface area (Å²) in [5.41, 5.74) is 0.303. The third kappa shape index (κ3) is 3.52. The minimum absolute atomic E-state index is 0.219. The van der Waals surface area contributed by atoms with Crippen LogP contribution >= 0.6 is 0 Å². The molecule has 1 aromatic carbocycles. The lowest BCUT2D eigenvalue weighted by atomic mass is 10.0. The minimum atomic E-state index is -0.754. The Bertz CT molecular complexity index is 624. The van der Waals surface area contributed by atoms with Crippen LogP contribution in [-0.4, -0.2) is 52.3 Å². The fraction of sp³-hybridized carbons (Fsp3) is 0.632. The van der Waals surface area contributed by atoms with Crippen molar-refractivity contribution in [1.82, 2.24) is 4.90 Å². The molecule has 6 nitrogen and oxygen atoms in total. The quantitative estimate of drug-likeness (QED) is 0.889. The fourth-order valence-corrected chi connectivity index (χ4v) is 3.64. The molecule has 2 saturated heterocycles. The maximum absolute atomic E-state index is 12.9. The van der Waals surface area contributed by atoms with Gasteiger partial charge in [0.25, 0.3) is 0 Å². The van der Waals surface area contributed by atoms with Crippen LogP contribution in [0.1, 0.15) is 46.2 Å². The predicted octanol–water partition coefficient (Wildman–Crippen LogP) is 2.86. The zero-order valence-corrected chi connectivity index (χ0v) is 15.4. The van der Waals surface area contributed by atoms with Crippen molar-refractivity contribution in [2.75, 3.05) is 6.61 Å². The Morgan fingerprint density at radius 1 is 1.20 bits per heavy atom. The summed E-state index contributed by atoms with van der Waals surface area (Å²) < 4.78 is 17.7. The molecule has 2 heterocycles. The van der Waals surface area contributed by atoms with Crippen LogP contribution in [0.15, 0.2) is 30.3 Å². The molecule has 2 fully saturated rings. The van der Waals surface area contributed by atoms with Crippen molar-refractivity contribution in [3.63, 3.8) is 0 Å². The van der Waals surface area contributed by atoms with Gasteiger partial charge in [-0.25, -0.2) is 4.79 Å². The van der Waals surface area contributed by atoms with Crippen molar-refractivity contribution in [2.24, 2.45) is 0 Å². The Hall–Kier alpha value is -1.63. The van der Waals surface area contributed by atoms with Gasteiger partial charge in [0.1, 0.15) is 17.8 Å². The normalized spacial score (nSPS) is 31.0. The highest BCUT2D eigenvalue weighted by Crippen LogP contribution is 2.47. The Kier molecular flexibility index (Phi) is 4.56. The van der Waals surface area contributed by atoms with E-state index in [1.54, 1.807) is 4.90 Å². The standard InChI is InChI=1S/C19H27NO5/c1-18(2,3)25-17(22)20-13(11-21)15-16(24-19(4,5)23-15)14(20)12-9-7-6-8-10-12/h6-10,13-16,21H,11H2,1-5H3/t13-,14-,15+,16-/m1/s1. The van der Waals surface area contributed by atoms with Gasteiger partial charge in [0.2, 0.25) is 0 Å². The zero-order chi connectivity index (χ0) is 18.4. The molecule has 25 heavy (non-hydrogen) atoms. The number of benzene rings is 1. The number of likely N-dealkylation sites (tertiary alicyclic amines) is 1. The van der Waals surface area contributed by atoms with Gasteiger partial charge in [-0.3, -0.25) is 4.90 Å². The first-order valence-corrected chi connectivity index (χ1v) is 8.66. The van der Waals surface area contributed by atoms with E-state index in [0.717, 1.165) is 5.56 Å². The molecular weight excluding hydrogens is 322 g/mol. The summed E-state index contributed by atoms with van der Waals surface area (Å²) in [4.78, 5) is 14.5. The molecule has 138 valence electrons. The summed E-state index contributed by atoms with van der Waals surface area (Å²) >= 11 is 0. The van der Waals surface area contributed by atoms with E-state index in [1.165, 1.54) is 0 Å². The summed E-state index contributed by atoms with van der Waals surface area (Å²) in [6.45, 7) is 8.94. The molecule has 2 aliphatic rings. The van der Waals surface area contributed by atoms with Gasteiger partial charge in [-0.05, 0) is 40.2 Å². The molecule has 0 aliphatic carbocycles. The molecule has 1 amide bonds. The minimum Gasteiger partial charge on any atom is -0.444 e. The zero-order valence-electron chi connectivity index (χ0n) is 15.4. The average molecular weight is 349 g/mol. The summed E-state index contributed by atoms with van der Waals surface area (Å²) in [5.74, 6) is -0.754. The Labute approximate surface area is 148 Å². The number of nitrogens with zero attached hydrogens (tertiary/aromatic N) is 1. The molecule has 0 spiro atoms. The molecule has 0 bridgehead atoms. The molecule has 3 rings (SSSR count). The highest BCUT2D eigenvalue weighted by atomic mass is 16.8. The van der Waals surface area contributed by atoms with Crippen molar-refractivity contribution >= 4 is 6.09 Å². The SMILES string of the molecule is CC(C)(C)OC(=O)N1[C@H](CO)[C@@H]2OC(C)(C)O[C@@H]2[C@H]1c1ccccc1. The molecule has 2 aliphatic heterocycles. The van der Waals surface area contributed by atoms with Crippen LogP contribution in [0.4, 0.5) is 4.79 Å². The third-order valence-electron chi connectivity index (χ3n) is 4.44. The van der Waals surface area contributed by atoms with Crippen LogP contribution in [0.5, 0.6) is 0 Å². The monoisotopic (exact) mass is 349 g/mol. The second-order valence-electron chi connectivity index (χ2n) is 8.06. The van der Waals surface area contributed by atoms with E-state index in [4.69, 9.17) is 14.2 Å². The van der Waals surface area contributed by atoms with Gasteiger partial charge >= 0.3 is 6.09 Å². The highest BCUT2D eigenvalue weighted by molar-refractivity contribution is 5.70. The highest BCUT2D eigenvalue weighted by Gasteiger charge is 2.60. The Balaban J connectivity index is 2.00. The molecule has 0 aromatic heterocycles. The number of hydrogen-bond donors (Lipinski definition) is 1. The molecule has 1 aromatic rings. The molecule has 0 radical (unpaired) electrons. The second kappa shape index (κ2) is 6.27. The Morgan fingerprint density at radius 2 is 1.80 bits per heavy atom. The van der Waals surface area contributed by atoms with E-state index in [1.807, 2.05) is 65.0 Å². The molecule has 0 saturated carbocycles. The topological polar surface area (TPSA) is 68.2 Å². The number of carbonyl (C=O) groups is 1. The molecule has 0 unspecified atom stereocenters. The van der Waals surface area contributed by atoms with Crippen LogP contribution < -0.4 is 0 Å². The Morgan fingerprint density at radius 3 is 2.36 bits per heavy atom. The summed E-state index contributed by atoms with van der Waals surface area (Å²) in [6, 6.07) is 8.77. The van der Waals surface area contributed by atoms with Crippen molar-refractivity contribution in [1.29, 1.82) is 0 Å². The van der Waals surface area contributed by atoms with Crippen LogP contribution in [0, 0.1) is 0 Å². The summed E-state index contributed by atoms with van der Waals surface area (Å²) in [5, 5.41) is 9.98. The van der Waals surface area contributed by atoms with Crippen molar-refractivity contribution in [3.8, 4) is 0 Å². The molecular formula is C19H27NO5. The van der Waals surface area contributed by atoms with Gasteiger partial charge < -0.3 is 19.3 Å². The summed E-state index contributed by atoms with van der Waals surface area (Å²) in [7, 11) is 0. The van der Waals surface area contributed by atoms with Crippen molar-refractivity contribution in [2.45, 2.75) is 70.3 Å². The maximum atomic E-state index is 12.9. The van der Waals surface area contributed by atoms with E-state index in [-0.39, 0.29) is 18.8 Å². The molecule has 1 N–H and O–H groups in total. The van der Waals surface area contributed by atoms with Gasteiger partial charge in [-0.2, -0.15) is 0 Å². The van der Waals surface area contributed by atoms with E-state index in [9.17, 15) is 9.90 Å². The number of amides is 1. The van der Waals surface area contributed by atoms with E-state index < -0.39 is 29.6 Å². The lowest BCUT2D eigenvalue weighted by Gasteiger charge is -2.35. The van der Waals surface area contributed by atoms with Gasteiger partial charge in [-0.15, -0.1) is 0 Å². The van der Waals surface area contributed by atoms with Gasteiger partial charge in [-0.1, -0.05) is 30.3 Å². The fourth-order valence-electron chi connectivity index (χ4n) is 3.64. The van der Waals surface area contributed by atoms with E-state index in [0.29, 0.717) is 0 Å². The number of hydrogen-bond acceptors (Lipinski definition) is 5. The molecule has 4 atom stereocenters. The number of rotatable bonds is 2.